The van der Waals surface area contributed by atoms with Crippen LogP contribution in [0.5, 0.6) is 0 Å². The Bertz CT molecular complexity index is 1740. The second kappa shape index (κ2) is 13.4. The Morgan fingerprint density at radius 3 is 2.43 bits per heavy atom. The van der Waals surface area contributed by atoms with Crippen molar-refractivity contribution in [3.8, 4) is 0 Å². The van der Waals surface area contributed by atoms with Crippen LogP contribution in [-0.4, -0.2) is 76.6 Å². The molecule has 46 heavy (non-hydrogen) atoms. The zero-order chi connectivity index (χ0) is 32.2. The van der Waals surface area contributed by atoms with E-state index in [9.17, 15) is 18.8 Å². The van der Waals surface area contributed by atoms with Gasteiger partial charge < -0.3 is 20.4 Å². The fourth-order valence-corrected chi connectivity index (χ4v) is 6.36. The van der Waals surface area contributed by atoms with E-state index in [0.717, 1.165) is 33.2 Å². The van der Waals surface area contributed by atoms with Crippen molar-refractivity contribution < 1.29 is 18.8 Å². The van der Waals surface area contributed by atoms with E-state index in [1.807, 2.05) is 72.6 Å². The minimum absolute atomic E-state index is 0.0624. The number of hydrazine groups is 1. The molecule has 10 heteroatoms. The average molecular weight is 621 g/mol. The van der Waals surface area contributed by atoms with Gasteiger partial charge in [0.05, 0.1) is 19.6 Å². The summed E-state index contributed by atoms with van der Waals surface area (Å²) >= 11 is 0. The van der Waals surface area contributed by atoms with Crippen LogP contribution in [0.4, 0.5) is 14.9 Å². The lowest BCUT2D eigenvalue weighted by molar-refractivity contribution is -0.157. The minimum atomic E-state index is -0.750. The second-order valence-corrected chi connectivity index (χ2v) is 11.6. The average Bonchev–Trinajstić information content (AvgIpc) is 3.40. The van der Waals surface area contributed by atoms with Gasteiger partial charge in [0, 0.05) is 32.2 Å². The zero-order valence-corrected chi connectivity index (χ0v) is 25.7. The van der Waals surface area contributed by atoms with Gasteiger partial charge in [0.25, 0.3) is 0 Å². The van der Waals surface area contributed by atoms with Crippen LogP contribution in [0, 0.1) is 5.82 Å². The molecule has 236 valence electrons. The van der Waals surface area contributed by atoms with Crippen molar-refractivity contribution in [3.05, 3.63) is 126 Å². The monoisotopic (exact) mass is 620 g/mol. The molecular formula is C36H37FN6O3. The lowest BCUT2D eigenvalue weighted by Crippen LogP contribution is -2.66. The van der Waals surface area contributed by atoms with Gasteiger partial charge in [0.15, 0.2) is 0 Å². The van der Waals surface area contributed by atoms with E-state index < -0.39 is 18.2 Å². The van der Waals surface area contributed by atoms with Crippen LogP contribution in [0.15, 0.2) is 104 Å². The standard InChI is InChI=1S/C36H37FN6O3/c1-3-19-41(36(46)39-21-26-11-15-29(37)16-12-26)42-24-34(44)43-32(20-25-13-17-30(38-2)18-14-25)35(45)40(23-33(42)43)22-28-9-6-8-27-7-4-5-10-31(27)28/h3-18,32-33,38H,1,19-24H2,2H3,(H,39,46)/t32-,33+/m0/s1. The molecule has 4 aromatic carbocycles. The van der Waals surface area contributed by atoms with Gasteiger partial charge in [0.2, 0.25) is 11.8 Å². The summed E-state index contributed by atoms with van der Waals surface area (Å²) in [5.41, 5.74) is 3.62. The molecule has 4 aromatic rings. The van der Waals surface area contributed by atoms with Crippen molar-refractivity contribution in [2.45, 2.75) is 31.7 Å². The number of piperazine rings is 1. The van der Waals surface area contributed by atoms with Crippen molar-refractivity contribution in [2.24, 2.45) is 0 Å². The maximum atomic E-state index is 14.3. The Morgan fingerprint density at radius 1 is 0.978 bits per heavy atom. The van der Waals surface area contributed by atoms with E-state index >= 15 is 0 Å². The third-order valence-corrected chi connectivity index (χ3v) is 8.68. The van der Waals surface area contributed by atoms with Crippen molar-refractivity contribution >= 4 is 34.3 Å². The molecule has 0 aliphatic carbocycles. The molecule has 0 aromatic heterocycles. The highest BCUT2D eigenvalue weighted by molar-refractivity contribution is 5.92. The molecule has 4 amide bonds. The van der Waals surface area contributed by atoms with Crippen molar-refractivity contribution in [1.29, 1.82) is 0 Å². The van der Waals surface area contributed by atoms with E-state index in [4.69, 9.17) is 0 Å². The number of rotatable bonds is 10. The summed E-state index contributed by atoms with van der Waals surface area (Å²) < 4.78 is 13.4. The van der Waals surface area contributed by atoms with Crippen LogP contribution in [0.2, 0.25) is 0 Å². The maximum Gasteiger partial charge on any atom is 0.332 e. The number of hydrogen-bond donors (Lipinski definition) is 2. The molecule has 2 aliphatic rings. The summed E-state index contributed by atoms with van der Waals surface area (Å²) in [5.74, 6) is -0.708. The Morgan fingerprint density at radius 2 is 1.70 bits per heavy atom. The third kappa shape index (κ3) is 6.29. The molecule has 0 saturated carbocycles. The first-order valence-electron chi connectivity index (χ1n) is 15.4. The Hall–Kier alpha value is -5.22. The predicted molar refractivity (Wildman–Crippen MR) is 176 cm³/mol. The van der Waals surface area contributed by atoms with Crippen LogP contribution in [0.3, 0.4) is 0 Å². The molecule has 2 fully saturated rings. The van der Waals surface area contributed by atoms with Crippen molar-refractivity contribution in [2.75, 3.05) is 32.0 Å². The first-order chi connectivity index (χ1) is 22.4. The highest BCUT2D eigenvalue weighted by Crippen LogP contribution is 2.31. The number of urea groups is 1. The first kappa shape index (κ1) is 30.8. The zero-order valence-electron chi connectivity index (χ0n) is 25.7. The highest BCUT2D eigenvalue weighted by Gasteiger charge is 2.52. The molecule has 2 atom stereocenters. The Labute approximate surface area is 267 Å². The Balaban J connectivity index is 1.31. The summed E-state index contributed by atoms with van der Waals surface area (Å²) in [6.07, 6.45) is 1.37. The van der Waals surface area contributed by atoms with Gasteiger partial charge in [-0.1, -0.05) is 72.8 Å². The molecule has 0 spiro atoms. The van der Waals surface area contributed by atoms with E-state index in [1.54, 1.807) is 28.1 Å². The molecule has 2 heterocycles. The molecule has 0 bridgehead atoms. The summed E-state index contributed by atoms with van der Waals surface area (Å²) in [5, 5.41) is 11.4. The van der Waals surface area contributed by atoms with Gasteiger partial charge in [-0.15, -0.1) is 6.58 Å². The lowest BCUT2D eigenvalue weighted by atomic mass is 9.98. The summed E-state index contributed by atoms with van der Waals surface area (Å²) in [6.45, 7) is 4.70. The number of amides is 4. The number of anilines is 1. The number of hydrogen-bond acceptors (Lipinski definition) is 5. The number of fused-ring (bicyclic) bond motifs is 2. The quantitative estimate of drug-likeness (QED) is 0.250. The lowest BCUT2D eigenvalue weighted by Gasteiger charge is -2.46. The molecular weight excluding hydrogens is 583 g/mol. The van der Waals surface area contributed by atoms with E-state index in [-0.39, 0.29) is 43.8 Å². The Kier molecular flexibility index (Phi) is 8.98. The van der Waals surface area contributed by atoms with Crippen LogP contribution in [0.25, 0.3) is 10.8 Å². The molecule has 0 unspecified atom stereocenters. The summed E-state index contributed by atoms with van der Waals surface area (Å²) in [7, 11) is 1.84. The van der Waals surface area contributed by atoms with Gasteiger partial charge in [-0.3, -0.25) is 14.6 Å². The smallest absolute Gasteiger partial charge is 0.332 e. The van der Waals surface area contributed by atoms with Gasteiger partial charge in [-0.25, -0.2) is 9.18 Å². The predicted octanol–water partition coefficient (Wildman–Crippen LogP) is 4.76. The molecule has 9 nitrogen and oxygen atoms in total. The molecule has 2 saturated heterocycles. The number of carbonyl (C=O) groups is 3. The third-order valence-electron chi connectivity index (χ3n) is 8.68. The van der Waals surface area contributed by atoms with E-state index in [1.165, 1.54) is 17.1 Å². The van der Waals surface area contributed by atoms with E-state index in [0.29, 0.717) is 13.0 Å². The molecule has 6 rings (SSSR count). The van der Waals surface area contributed by atoms with Crippen LogP contribution in [0.1, 0.15) is 16.7 Å². The normalized spacial score (nSPS) is 18.0. The SMILES string of the molecule is C=CCN(C(=O)NCc1ccc(F)cc1)N1CC(=O)N2[C@@H](Cc3ccc(NC)cc3)C(=O)N(Cc3cccc4ccccc34)C[C@@H]21. The molecule has 0 radical (unpaired) electrons. The summed E-state index contributed by atoms with van der Waals surface area (Å²) in [6, 6.07) is 26.7. The largest absolute Gasteiger partial charge is 0.388 e. The molecule has 2 N–H and O–H groups in total. The highest BCUT2D eigenvalue weighted by atomic mass is 19.1. The second-order valence-electron chi connectivity index (χ2n) is 11.6. The number of halogens is 1. The van der Waals surface area contributed by atoms with Gasteiger partial charge in [-0.2, -0.15) is 5.01 Å². The number of nitrogens with one attached hydrogen (secondary N) is 2. The minimum Gasteiger partial charge on any atom is -0.388 e. The number of carbonyl (C=O) groups excluding carboxylic acids is 3. The maximum absolute atomic E-state index is 14.3. The van der Waals surface area contributed by atoms with Crippen LogP contribution < -0.4 is 10.6 Å². The van der Waals surface area contributed by atoms with Gasteiger partial charge in [-0.05, 0) is 51.7 Å². The fraction of sp³-hybridized carbons (Fsp3) is 0.250. The number of benzene rings is 4. The van der Waals surface area contributed by atoms with Crippen LogP contribution >= 0.6 is 0 Å². The van der Waals surface area contributed by atoms with Crippen molar-refractivity contribution in [1.82, 2.24) is 25.1 Å². The van der Waals surface area contributed by atoms with E-state index in [2.05, 4.69) is 23.3 Å². The fourth-order valence-electron chi connectivity index (χ4n) is 6.36. The van der Waals surface area contributed by atoms with Crippen molar-refractivity contribution in [3.63, 3.8) is 0 Å². The topological polar surface area (TPSA) is 88.2 Å². The molecule has 2 aliphatic heterocycles. The van der Waals surface area contributed by atoms with Gasteiger partial charge in [0.1, 0.15) is 18.0 Å². The van der Waals surface area contributed by atoms with Gasteiger partial charge >= 0.3 is 6.03 Å². The first-order valence-corrected chi connectivity index (χ1v) is 15.4. The number of nitrogens with zero attached hydrogens (tertiary/aromatic N) is 4. The summed E-state index contributed by atoms with van der Waals surface area (Å²) in [4.78, 5) is 45.1. The van der Waals surface area contributed by atoms with Crippen LogP contribution in [-0.2, 0) is 29.1 Å².